The molecule has 130 valence electrons. The molecule has 2 aromatic rings. The second kappa shape index (κ2) is 7.51. The average Bonchev–Trinajstić information content (AvgIpc) is 2.63. The lowest BCUT2D eigenvalue weighted by molar-refractivity contribution is -0.141. The summed E-state index contributed by atoms with van der Waals surface area (Å²) in [6.45, 7) is 2.64. The number of aryl methyl sites for hydroxylation is 1. The average molecular weight is 336 g/mol. The van der Waals surface area contributed by atoms with Gasteiger partial charge in [-0.25, -0.2) is 0 Å². The summed E-state index contributed by atoms with van der Waals surface area (Å²) in [5, 5.41) is 0. The molecule has 4 heteroatoms. The van der Waals surface area contributed by atoms with Crippen molar-refractivity contribution in [2.75, 3.05) is 18.5 Å². The van der Waals surface area contributed by atoms with Crippen molar-refractivity contribution < 1.29 is 9.59 Å². The molecule has 0 saturated carbocycles. The van der Waals surface area contributed by atoms with Gasteiger partial charge in [-0.2, -0.15) is 0 Å². The minimum Gasteiger partial charge on any atom is -0.327 e. The minimum atomic E-state index is -0.570. The fraction of sp³-hybridized carbons (Fsp3) is 0.333. The number of likely N-dealkylation sites (N-methyl/N-ethyl adjacent to an activating group) is 1. The quantitative estimate of drug-likeness (QED) is 0.854. The number of anilines is 1. The maximum atomic E-state index is 13.3. The van der Waals surface area contributed by atoms with E-state index < -0.39 is 6.04 Å². The van der Waals surface area contributed by atoms with Gasteiger partial charge >= 0.3 is 0 Å². The van der Waals surface area contributed by atoms with E-state index in [2.05, 4.69) is 0 Å². The highest BCUT2D eigenvalue weighted by Crippen LogP contribution is 2.29. The van der Waals surface area contributed by atoms with E-state index in [4.69, 9.17) is 0 Å². The molecule has 0 aliphatic carbocycles. The van der Waals surface area contributed by atoms with E-state index in [-0.39, 0.29) is 11.8 Å². The molecule has 4 nitrogen and oxygen atoms in total. The van der Waals surface area contributed by atoms with Crippen molar-refractivity contribution in [3.8, 4) is 0 Å². The molecular formula is C21H24N2O2. The van der Waals surface area contributed by atoms with Crippen LogP contribution in [0.2, 0.25) is 0 Å². The second-order valence-electron chi connectivity index (χ2n) is 6.59. The van der Waals surface area contributed by atoms with Crippen LogP contribution in [-0.4, -0.2) is 30.3 Å². The van der Waals surface area contributed by atoms with Crippen LogP contribution in [0.25, 0.3) is 0 Å². The van der Waals surface area contributed by atoms with Crippen LogP contribution >= 0.6 is 0 Å². The van der Waals surface area contributed by atoms with Crippen LogP contribution in [0.1, 0.15) is 36.4 Å². The Morgan fingerprint density at radius 2 is 1.84 bits per heavy atom. The lowest BCUT2D eigenvalue weighted by Crippen LogP contribution is -2.46. The maximum Gasteiger partial charge on any atom is 0.254 e. The molecule has 1 aliphatic rings. The molecule has 2 aromatic carbocycles. The first-order chi connectivity index (χ1) is 12.1. The molecule has 0 N–H and O–H groups in total. The molecule has 0 bridgehead atoms. The Balaban J connectivity index is 1.96. The van der Waals surface area contributed by atoms with E-state index in [1.165, 1.54) is 0 Å². The zero-order chi connectivity index (χ0) is 17.8. The number of amides is 2. The Kier molecular flexibility index (Phi) is 5.17. The molecule has 0 spiro atoms. The second-order valence-corrected chi connectivity index (χ2v) is 6.59. The first-order valence-electron chi connectivity index (χ1n) is 8.76. The van der Waals surface area contributed by atoms with E-state index in [0.29, 0.717) is 13.0 Å². The van der Waals surface area contributed by atoms with Gasteiger partial charge in [0.25, 0.3) is 5.91 Å². The van der Waals surface area contributed by atoms with Crippen molar-refractivity contribution in [3.63, 3.8) is 0 Å². The molecule has 2 amide bonds. The number of carbonyl (C=O) groups excluding carboxylic acids is 2. The highest BCUT2D eigenvalue weighted by Gasteiger charge is 2.34. The lowest BCUT2D eigenvalue weighted by Gasteiger charge is -2.36. The highest BCUT2D eigenvalue weighted by atomic mass is 16.2. The largest absolute Gasteiger partial charge is 0.327 e. The Morgan fingerprint density at radius 1 is 1.08 bits per heavy atom. The van der Waals surface area contributed by atoms with Gasteiger partial charge in [-0.05, 0) is 43.0 Å². The Labute approximate surface area is 149 Å². The van der Waals surface area contributed by atoms with Crippen LogP contribution in [0.5, 0.6) is 0 Å². The van der Waals surface area contributed by atoms with Crippen molar-refractivity contribution in [3.05, 3.63) is 65.7 Å². The Hall–Kier alpha value is -2.62. The summed E-state index contributed by atoms with van der Waals surface area (Å²) < 4.78 is 0. The zero-order valence-electron chi connectivity index (χ0n) is 14.8. The molecule has 25 heavy (non-hydrogen) atoms. The normalized spacial score (nSPS) is 15.8. The summed E-state index contributed by atoms with van der Waals surface area (Å²) in [6.07, 6.45) is 2.36. The monoisotopic (exact) mass is 336 g/mol. The highest BCUT2D eigenvalue weighted by molar-refractivity contribution is 5.99. The van der Waals surface area contributed by atoms with Gasteiger partial charge in [0.2, 0.25) is 5.91 Å². The molecule has 1 saturated heterocycles. The van der Waals surface area contributed by atoms with Crippen molar-refractivity contribution in [2.24, 2.45) is 0 Å². The van der Waals surface area contributed by atoms with Crippen LogP contribution in [0.15, 0.2) is 54.6 Å². The van der Waals surface area contributed by atoms with Gasteiger partial charge in [-0.3, -0.25) is 9.59 Å². The number of carbonyl (C=O) groups is 2. The SMILES string of the molecule is Cc1cccc(N(C)C(=O)C(c2ccccc2)N2CCCCC2=O)c1. The molecule has 1 unspecified atom stereocenters. The third-order valence-corrected chi connectivity index (χ3v) is 4.74. The standard InChI is InChI=1S/C21H24N2O2/c1-16-9-8-12-18(15-16)22(2)21(25)20(17-10-4-3-5-11-17)23-14-7-6-13-19(23)24/h3-5,8-12,15,20H,6-7,13-14H2,1-2H3. The van der Waals surface area contributed by atoms with E-state index in [1.54, 1.807) is 16.8 Å². The van der Waals surface area contributed by atoms with Gasteiger partial charge in [0.1, 0.15) is 6.04 Å². The first-order valence-corrected chi connectivity index (χ1v) is 8.76. The van der Waals surface area contributed by atoms with E-state index in [9.17, 15) is 9.59 Å². The van der Waals surface area contributed by atoms with Crippen LogP contribution in [-0.2, 0) is 9.59 Å². The van der Waals surface area contributed by atoms with Gasteiger partial charge in [0.15, 0.2) is 0 Å². The Morgan fingerprint density at radius 3 is 2.52 bits per heavy atom. The smallest absolute Gasteiger partial charge is 0.254 e. The summed E-state index contributed by atoms with van der Waals surface area (Å²) in [5.41, 5.74) is 2.81. The number of nitrogens with zero attached hydrogens (tertiary/aromatic N) is 2. The van der Waals surface area contributed by atoms with Crippen LogP contribution < -0.4 is 4.90 Å². The fourth-order valence-electron chi connectivity index (χ4n) is 3.34. The molecule has 0 aromatic heterocycles. The van der Waals surface area contributed by atoms with Crippen molar-refractivity contribution >= 4 is 17.5 Å². The van der Waals surface area contributed by atoms with E-state index >= 15 is 0 Å². The van der Waals surface area contributed by atoms with Gasteiger partial charge in [-0.1, -0.05) is 42.5 Å². The number of hydrogen-bond acceptors (Lipinski definition) is 2. The number of rotatable bonds is 4. The van der Waals surface area contributed by atoms with Gasteiger partial charge in [-0.15, -0.1) is 0 Å². The molecule has 1 aliphatic heterocycles. The predicted octanol–water partition coefficient (Wildman–Crippen LogP) is 3.71. The predicted molar refractivity (Wildman–Crippen MR) is 99.3 cm³/mol. The summed E-state index contributed by atoms with van der Waals surface area (Å²) in [5.74, 6) is -0.0156. The van der Waals surface area contributed by atoms with E-state index in [1.807, 2.05) is 61.5 Å². The minimum absolute atomic E-state index is 0.0612. The van der Waals surface area contributed by atoms with Gasteiger partial charge in [0, 0.05) is 25.7 Å². The number of piperidine rings is 1. The number of benzene rings is 2. The molecule has 1 fully saturated rings. The first kappa shape index (κ1) is 17.2. The molecule has 0 radical (unpaired) electrons. The Bertz CT molecular complexity index is 758. The topological polar surface area (TPSA) is 40.6 Å². The third kappa shape index (κ3) is 3.73. The fourth-order valence-corrected chi connectivity index (χ4v) is 3.34. The van der Waals surface area contributed by atoms with Gasteiger partial charge < -0.3 is 9.80 Å². The third-order valence-electron chi connectivity index (χ3n) is 4.74. The van der Waals surface area contributed by atoms with Crippen molar-refractivity contribution in [1.82, 2.24) is 4.90 Å². The summed E-state index contributed by atoms with van der Waals surface area (Å²) in [7, 11) is 1.78. The van der Waals surface area contributed by atoms with Crippen molar-refractivity contribution in [1.29, 1.82) is 0 Å². The molecule has 3 rings (SSSR count). The summed E-state index contributed by atoms with van der Waals surface area (Å²) in [6, 6.07) is 16.9. The van der Waals surface area contributed by atoms with Crippen molar-refractivity contribution in [2.45, 2.75) is 32.2 Å². The molecule has 1 atom stereocenters. The zero-order valence-corrected chi connectivity index (χ0v) is 14.8. The van der Waals surface area contributed by atoms with Crippen LogP contribution in [0.3, 0.4) is 0 Å². The number of hydrogen-bond donors (Lipinski definition) is 0. The lowest BCUT2D eigenvalue weighted by atomic mass is 9.99. The van der Waals surface area contributed by atoms with Crippen LogP contribution in [0.4, 0.5) is 5.69 Å². The van der Waals surface area contributed by atoms with Gasteiger partial charge in [0.05, 0.1) is 0 Å². The molecular weight excluding hydrogens is 312 g/mol. The van der Waals surface area contributed by atoms with E-state index in [0.717, 1.165) is 29.7 Å². The number of likely N-dealkylation sites (tertiary alicyclic amines) is 1. The van der Waals surface area contributed by atoms with Crippen LogP contribution in [0, 0.1) is 6.92 Å². The molecule has 1 heterocycles. The summed E-state index contributed by atoms with van der Waals surface area (Å²) in [4.78, 5) is 29.2. The maximum absolute atomic E-state index is 13.3. The summed E-state index contributed by atoms with van der Waals surface area (Å²) >= 11 is 0.